The molecule has 0 aromatic heterocycles. The maximum absolute atomic E-state index is 12.0. The quantitative estimate of drug-likeness (QED) is 0.0725. The summed E-state index contributed by atoms with van der Waals surface area (Å²) in [6.45, 7) is 53.2. The lowest BCUT2D eigenvalue weighted by Gasteiger charge is -2.53. The van der Waals surface area contributed by atoms with Crippen LogP contribution in [0, 0.1) is 0 Å². The average molecular weight is 1320 g/mol. The molecule has 426 valence electrons. The second-order valence-corrected chi connectivity index (χ2v) is 78.5. The van der Waals surface area contributed by atoms with Gasteiger partial charge >= 0.3 is 138 Å². The second kappa shape index (κ2) is 23.8. The summed E-state index contributed by atoms with van der Waals surface area (Å²) in [5.41, 5.74) is 0.961. The van der Waals surface area contributed by atoms with Crippen LogP contribution in [0.4, 0.5) is 0 Å². The van der Waals surface area contributed by atoms with Crippen molar-refractivity contribution in [3.8, 4) is 0 Å². The Morgan fingerprint density at radius 3 is 1.42 bits per heavy atom. The van der Waals surface area contributed by atoms with Crippen LogP contribution in [0.25, 0.3) is 0 Å². The lowest BCUT2D eigenvalue weighted by molar-refractivity contribution is 0.0879. The van der Waals surface area contributed by atoms with Gasteiger partial charge in [0.05, 0.1) is 6.61 Å². The van der Waals surface area contributed by atoms with E-state index in [1.165, 1.54) is 6.55 Å². The normalized spacial score (nSPS) is 35.8. The van der Waals surface area contributed by atoms with Crippen LogP contribution >= 0.6 is 0 Å². The van der Waals surface area contributed by atoms with E-state index in [9.17, 15) is 9.59 Å². The van der Waals surface area contributed by atoms with Gasteiger partial charge in [0.1, 0.15) is 0 Å². The van der Waals surface area contributed by atoms with Crippen LogP contribution < -0.4 is 0 Å². The predicted molar refractivity (Wildman–Crippen MR) is 312 cm³/mol. The van der Waals surface area contributed by atoms with E-state index in [0.29, 0.717) is 19.3 Å². The number of ether oxygens (including phenoxy) is 1. The van der Waals surface area contributed by atoms with E-state index in [4.69, 9.17) is 82.9 Å². The standard InChI is InChI=1S/C33H94O22Si17/c1-33(2)32-36-30-28-29-31-66(21)50-69(24,54-72(27)49-65(19,20)43-64(17,18)47-70(25,51-66)55-72)46-62(13,14)41-60(9,10)42-63(15,16)48-71(26)52-67(22,35)44-61(11,12)40-58(5,6)37-56-38-68(23,53-71)45-59(7,8)39-57(3,4)34/h34-35H,1,28-32,56H2,2-27H3. The molecule has 2 N–H and O–H groups in total. The Hall–Kier alpha value is 2.55. The fraction of sp³-hybridized carbons (Fsp3) is 0.939. The van der Waals surface area contributed by atoms with E-state index in [1.807, 2.05) is 138 Å². The predicted octanol–water partition coefficient (Wildman–Crippen LogP) is 7.50. The minimum atomic E-state index is -4.13. The molecule has 3 saturated heterocycles. The molecule has 3 fully saturated rings. The van der Waals surface area contributed by atoms with Crippen LogP contribution in [0.5, 0.6) is 0 Å². The maximum Gasteiger partial charge on any atom is 0.478 e. The van der Waals surface area contributed by atoms with Gasteiger partial charge in [0.25, 0.3) is 10.0 Å². The molecule has 39 heteroatoms. The van der Waals surface area contributed by atoms with Crippen molar-refractivity contribution in [2.45, 2.75) is 189 Å². The molecule has 22 nitrogen and oxygen atoms in total. The van der Waals surface area contributed by atoms with E-state index < -0.39 is 148 Å². The van der Waals surface area contributed by atoms with Crippen molar-refractivity contribution in [3.05, 3.63) is 12.2 Å². The summed E-state index contributed by atoms with van der Waals surface area (Å²) in [5, 5.41) is 0. The minimum absolute atomic E-state index is 0.499. The third kappa shape index (κ3) is 24.7. The Balaban J connectivity index is 2.01. The summed E-state index contributed by atoms with van der Waals surface area (Å²) in [5.74, 6) is 0. The molecule has 0 aromatic rings. The first-order valence-electron chi connectivity index (χ1n) is 24.5. The molecule has 0 saturated carbocycles. The summed E-state index contributed by atoms with van der Waals surface area (Å²) in [6, 6.07) is 0.584. The first-order chi connectivity index (χ1) is 31.6. The first kappa shape index (κ1) is 68.8. The summed E-state index contributed by atoms with van der Waals surface area (Å²) >= 11 is 0. The molecule has 3 rings (SSSR count). The number of rotatable bonds is 19. The molecule has 0 aliphatic carbocycles. The number of hydrogen-bond acceptors (Lipinski definition) is 22. The zero-order valence-electron chi connectivity index (χ0n) is 48.5. The van der Waals surface area contributed by atoms with Crippen molar-refractivity contribution in [1.82, 2.24) is 0 Å². The molecule has 3 aliphatic rings. The molecule has 7 atom stereocenters. The molecular formula is C33H94O22Si17. The minimum Gasteiger partial charge on any atom is -0.420 e. The summed E-state index contributed by atoms with van der Waals surface area (Å²) in [7, 11) is -55.9. The second-order valence-electron chi connectivity index (χ2n) is 23.6. The maximum atomic E-state index is 12.0. The third-order valence-electron chi connectivity index (χ3n) is 9.59. The van der Waals surface area contributed by atoms with E-state index >= 15 is 0 Å². The van der Waals surface area contributed by atoms with Crippen molar-refractivity contribution in [1.29, 1.82) is 0 Å². The Bertz CT molecular complexity index is 1850. The van der Waals surface area contributed by atoms with Crippen molar-refractivity contribution >= 4 is 148 Å². The summed E-state index contributed by atoms with van der Waals surface area (Å²) in [6.07, 6.45) is 1.52. The monoisotopic (exact) mass is 1320 g/mol. The highest BCUT2D eigenvalue weighted by molar-refractivity contribution is 6.98. The van der Waals surface area contributed by atoms with Crippen LogP contribution in [0.3, 0.4) is 0 Å². The zero-order chi connectivity index (χ0) is 56.0. The zero-order valence-corrected chi connectivity index (χ0v) is 65.9. The van der Waals surface area contributed by atoms with Gasteiger partial charge in [0.15, 0.2) is 0 Å². The molecule has 3 heterocycles. The fourth-order valence-corrected chi connectivity index (χ4v) is 90.7. The van der Waals surface area contributed by atoms with E-state index in [0.717, 1.165) is 18.4 Å². The van der Waals surface area contributed by atoms with Gasteiger partial charge in [0, 0.05) is 45.9 Å². The Morgan fingerprint density at radius 1 is 0.472 bits per heavy atom. The van der Waals surface area contributed by atoms with Crippen molar-refractivity contribution in [2.75, 3.05) is 13.2 Å². The van der Waals surface area contributed by atoms with Crippen molar-refractivity contribution in [2.24, 2.45) is 0 Å². The van der Waals surface area contributed by atoms with Gasteiger partial charge in [-0.05, 0) is 150 Å². The lowest BCUT2D eigenvalue weighted by atomic mass is 10.3. The van der Waals surface area contributed by atoms with Crippen LogP contribution in [-0.2, 0) is 82.9 Å². The van der Waals surface area contributed by atoms with Gasteiger partial charge in [-0.1, -0.05) is 12.2 Å². The first-order valence-corrected chi connectivity index (χ1v) is 67.0. The fourth-order valence-electron chi connectivity index (χ4n) is 9.62. The van der Waals surface area contributed by atoms with Crippen molar-refractivity contribution in [3.63, 3.8) is 0 Å². The van der Waals surface area contributed by atoms with Gasteiger partial charge in [-0.3, -0.25) is 0 Å². The van der Waals surface area contributed by atoms with E-state index in [1.54, 1.807) is 26.2 Å². The molecule has 0 spiro atoms. The van der Waals surface area contributed by atoms with E-state index in [-0.39, 0.29) is 0 Å². The summed E-state index contributed by atoms with van der Waals surface area (Å²) < 4.78 is 135. The molecule has 3 aliphatic heterocycles. The Labute approximate surface area is 452 Å². The molecule has 0 radical (unpaired) electrons. The van der Waals surface area contributed by atoms with Crippen LogP contribution in [-0.4, -0.2) is 171 Å². The molecular weight excluding hydrogens is 1230 g/mol. The number of unbranched alkanes of at least 4 members (excludes halogenated alkanes) is 1. The highest BCUT2D eigenvalue weighted by Crippen LogP contribution is 2.41. The molecule has 7 unspecified atom stereocenters. The molecule has 0 aromatic carbocycles. The van der Waals surface area contributed by atoms with Crippen molar-refractivity contribution < 1.29 is 92.5 Å². The SMILES string of the molecule is C=C(C)COCCCC[Si]1(C)O[Si](C)(O[Si](C)(C)O[Si](C)(C)O[Si](C)(C)O[Si]2(C)O[Si](C)(O)O[Si](C)(C)O[Si](C)(C)O[SiH2]O[Si](C)(O[Si](C)(C)O[Si](C)(C)O)O2)O[Si]2(C)O[Si](C)(C)O[Si](C)(C)O[Si](C)(O1)O2. The van der Waals surface area contributed by atoms with Crippen LogP contribution in [0.15, 0.2) is 12.2 Å². The lowest BCUT2D eigenvalue weighted by Crippen LogP contribution is -2.75. The van der Waals surface area contributed by atoms with Gasteiger partial charge in [0.2, 0.25) is 0 Å². The Morgan fingerprint density at radius 2 is 0.917 bits per heavy atom. The van der Waals surface area contributed by atoms with Crippen LogP contribution in [0.2, 0.25) is 170 Å². The number of hydrogen-bond donors (Lipinski definition) is 2. The smallest absolute Gasteiger partial charge is 0.420 e. The number of fused-ring (bicyclic) bond motifs is 2. The summed E-state index contributed by atoms with van der Waals surface area (Å²) in [4.78, 5) is 22.9. The topological polar surface area (TPSA) is 225 Å². The average Bonchev–Trinajstić information content (AvgIpc) is 2.96. The highest BCUT2D eigenvalue weighted by atomic mass is 28.6. The van der Waals surface area contributed by atoms with Gasteiger partial charge in [-0.15, -0.1) is 0 Å². The van der Waals surface area contributed by atoms with Gasteiger partial charge in [-0.2, -0.15) is 0 Å². The van der Waals surface area contributed by atoms with E-state index in [2.05, 4.69) is 6.58 Å². The van der Waals surface area contributed by atoms with Gasteiger partial charge in [-0.25, -0.2) is 0 Å². The molecule has 72 heavy (non-hydrogen) atoms. The Kier molecular flexibility index (Phi) is 22.7. The third-order valence-corrected chi connectivity index (χ3v) is 75.4. The highest BCUT2D eigenvalue weighted by Gasteiger charge is 2.67. The molecule has 0 amide bonds. The van der Waals surface area contributed by atoms with Gasteiger partial charge < -0.3 is 92.5 Å². The molecule has 2 bridgehead atoms. The largest absolute Gasteiger partial charge is 0.478 e. The van der Waals surface area contributed by atoms with Crippen LogP contribution in [0.1, 0.15) is 19.8 Å².